The molecule has 2 atom stereocenters. The van der Waals surface area contributed by atoms with Gasteiger partial charge in [-0.15, -0.1) is 0 Å². The summed E-state index contributed by atoms with van der Waals surface area (Å²) >= 11 is 1.67. The summed E-state index contributed by atoms with van der Waals surface area (Å²) < 4.78 is 24.4. The molecule has 2 nitrogen and oxygen atoms in total. The summed E-state index contributed by atoms with van der Waals surface area (Å²) in [4.78, 5) is 2.29. The van der Waals surface area contributed by atoms with Gasteiger partial charge in [-0.2, -0.15) is 11.3 Å². The molecule has 1 aromatic heterocycles. The molecule has 96 valence electrons. The number of piperidine rings is 1. The molecule has 1 aliphatic heterocycles. The molecule has 0 aliphatic carbocycles. The largest absolute Gasteiger partial charge is 0.369 e. The van der Waals surface area contributed by atoms with Crippen molar-refractivity contribution in [2.24, 2.45) is 5.92 Å². The van der Waals surface area contributed by atoms with Gasteiger partial charge < -0.3 is 10.2 Å². The molecule has 2 rings (SSSR count). The van der Waals surface area contributed by atoms with Crippen LogP contribution in [-0.2, 0) is 0 Å². The highest BCUT2D eigenvalue weighted by molar-refractivity contribution is 7.08. The Bertz CT molecular complexity index is 329. The molecule has 0 saturated carbocycles. The Kier molecular flexibility index (Phi) is 4.34. The van der Waals surface area contributed by atoms with Gasteiger partial charge in [0.1, 0.15) is 0 Å². The van der Waals surface area contributed by atoms with Gasteiger partial charge >= 0.3 is 0 Å². The maximum absolute atomic E-state index is 12.2. The summed E-state index contributed by atoms with van der Waals surface area (Å²) in [6.45, 7) is 3.82. The maximum Gasteiger partial charge on any atom is 0.250 e. The van der Waals surface area contributed by atoms with Crippen molar-refractivity contribution >= 4 is 17.0 Å². The van der Waals surface area contributed by atoms with Crippen molar-refractivity contribution in [1.82, 2.24) is 5.32 Å². The molecule has 0 radical (unpaired) electrons. The van der Waals surface area contributed by atoms with Crippen molar-refractivity contribution < 1.29 is 8.78 Å². The molecule has 1 fully saturated rings. The van der Waals surface area contributed by atoms with Gasteiger partial charge in [0.15, 0.2) is 0 Å². The first-order chi connectivity index (χ1) is 8.15. The third kappa shape index (κ3) is 3.64. The van der Waals surface area contributed by atoms with E-state index in [1.54, 1.807) is 11.3 Å². The molecule has 1 aliphatic rings. The van der Waals surface area contributed by atoms with Crippen LogP contribution in [0.3, 0.4) is 0 Å². The quantitative estimate of drug-likeness (QED) is 0.895. The lowest BCUT2D eigenvalue weighted by Crippen LogP contribution is -2.49. The lowest BCUT2D eigenvalue weighted by Gasteiger charge is -2.37. The number of nitrogens with one attached hydrogen (secondary N) is 1. The number of nitrogens with zero attached hydrogens (tertiary/aromatic N) is 1. The molecular weight excluding hydrogens is 242 g/mol. The van der Waals surface area contributed by atoms with E-state index < -0.39 is 6.43 Å². The monoisotopic (exact) mass is 260 g/mol. The van der Waals surface area contributed by atoms with Gasteiger partial charge in [-0.25, -0.2) is 8.78 Å². The van der Waals surface area contributed by atoms with E-state index in [4.69, 9.17) is 0 Å². The third-order valence-corrected chi connectivity index (χ3v) is 3.76. The van der Waals surface area contributed by atoms with Crippen LogP contribution in [0.25, 0.3) is 0 Å². The Morgan fingerprint density at radius 2 is 2.35 bits per heavy atom. The highest BCUT2D eigenvalue weighted by Gasteiger charge is 2.25. The molecule has 1 aromatic rings. The number of anilines is 1. The van der Waals surface area contributed by atoms with E-state index in [9.17, 15) is 8.78 Å². The fourth-order valence-corrected chi connectivity index (χ4v) is 3.07. The van der Waals surface area contributed by atoms with E-state index in [-0.39, 0.29) is 12.6 Å². The Morgan fingerprint density at radius 1 is 1.53 bits per heavy atom. The van der Waals surface area contributed by atoms with Crippen molar-refractivity contribution in [2.45, 2.75) is 25.8 Å². The zero-order valence-corrected chi connectivity index (χ0v) is 10.7. The van der Waals surface area contributed by atoms with Gasteiger partial charge in [-0.05, 0) is 23.8 Å². The second-order valence-electron chi connectivity index (χ2n) is 4.72. The third-order valence-electron chi connectivity index (χ3n) is 3.09. The van der Waals surface area contributed by atoms with Crippen LogP contribution in [0.15, 0.2) is 16.8 Å². The lowest BCUT2D eigenvalue weighted by molar-refractivity contribution is 0.138. The van der Waals surface area contributed by atoms with E-state index >= 15 is 0 Å². The number of hydrogen-bond acceptors (Lipinski definition) is 3. The number of rotatable bonds is 4. The van der Waals surface area contributed by atoms with Crippen molar-refractivity contribution in [3.63, 3.8) is 0 Å². The van der Waals surface area contributed by atoms with Crippen LogP contribution in [-0.4, -0.2) is 32.1 Å². The highest BCUT2D eigenvalue weighted by atomic mass is 32.1. The second-order valence-corrected chi connectivity index (χ2v) is 5.50. The predicted octanol–water partition coefficient (Wildman–Crippen LogP) is 2.82. The van der Waals surface area contributed by atoms with Gasteiger partial charge in [0.05, 0.1) is 6.54 Å². The van der Waals surface area contributed by atoms with Crippen molar-refractivity contribution in [2.75, 3.05) is 24.5 Å². The minimum atomic E-state index is -2.26. The van der Waals surface area contributed by atoms with Crippen LogP contribution in [0, 0.1) is 5.92 Å². The Hall–Kier alpha value is -0.680. The lowest BCUT2D eigenvalue weighted by atomic mass is 9.95. The van der Waals surface area contributed by atoms with Gasteiger partial charge in [0.2, 0.25) is 0 Å². The molecule has 0 aromatic carbocycles. The minimum absolute atomic E-state index is 0.174. The molecule has 0 amide bonds. The SMILES string of the molecule is CC1CC(NCC(F)F)CN(c2ccsc2)C1. The average molecular weight is 260 g/mol. The average Bonchev–Trinajstić information content (AvgIpc) is 2.79. The summed E-state index contributed by atoms with van der Waals surface area (Å²) in [7, 11) is 0. The molecule has 2 unspecified atom stereocenters. The summed E-state index contributed by atoms with van der Waals surface area (Å²) in [5.41, 5.74) is 1.21. The van der Waals surface area contributed by atoms with Gasteiger partial charge in [-0.1, -0.05) is 6.92 Å². The van der Waals surface area contributed by atoms with Crippen molar-refractivity contribution in [3.05, 3.63) is 16.8 Å². The first kappa shape index (κ1) is 12.8. The number of hydrogen-bond donors (Lipinski definition) is 1. The van der Waals surface area contributed by atoms with Crippen LogP contribution in [0.4, 0.5) is 14.5 Å². The standard InChI is InChI=1S/C12H18F2N2S/c1-9-4-10(15-5-12(13)14)7-16(6-9)11-2-3-17-8-11/h2-3,8-10,12,15H,4-7H2,1H3. The minimum Gasteiger partial charge on any atom is -0.369 e. The zero-order chi connectivity index (χ0) is 12.3. The molecule has 0 spiro atoms. The predicted molar refractivity (Wildman–Crippen MR) is 68.1 cm³/mol. The van der Waals surface area contributed by atoms with E-state index in [1.807, 2.05) is 0 Å². The first-order valence-electron chi connectivity index (χ1n) is 5.94. The van der Waals surface area contributed by atoms with E-state index in [1.165, 1.54) is 5.69 Å². The van der Waals surface area contributed by atoms with E-state index in [0.717, 1.165) is 19.5 Å². The van der Waals surface area contributed by atoms with E-state index in [2.05, 4.69) is 34.0 Å². The Labute approximate surface area is 105 Å². The summed E-state index contributed by atoms with van der Waals surface area (Å²) in [6, 6.07) is 2.26. The topological polar surface area (TPSA) is 15.3 Å². The normalized spacial score (nSPS) is 25.5. The zero-order valence-electron chi connectivity index (χ0n) is 9.90. The maximum atomic E-state index is 12.2. The molecule has 0 bridgehead atoms. The van der Waals surface area contributed by atoms with Crippen LogP contribution >= 0.6 is 11.3 Å². The van der Waals surface area contributed by atoms with Crippen molar-refractivity contribution in [3.8, 4) is 0 Å². The Balaban J connectivity index is 1.92. The fourth-order valence-electron chi connectivity index (χ4n) is 2.40. The van der Waals surface area contributed by atoms with Crippen LogP contribution in [0.2, 0.25) is 0 Å². The first-order valence-corrected chi connectivity index (χ1v) is 6.88. The number of alkyl halides is 2. The Morgan fingerprint density at radius 3 is 3.00 bits per heavy atom. The van der Waals surface area contributed by atoms with Crippen molar-refractivity contribution in [1.29, 1.82) is 0 Å². The fraction of sp³-hybridized carbons (Fsp3) is 0.667. The van der Waals surface area contributed by atoms with Crippen LogP contribution in [0.5, 0.6) is 0 Å². The summed E-state index contributed by atoms with van der Waals surface area (Å²) in [5.74, 6) is 0.541. The number of halogens is 2. The summed E-state index contributed by atoms with van der Waals surface area (Å²) in [5, 5.41) is 7.12. The molecule has 5 heteroatoms. The van der Waals surface area contributed by atoms with Crippen LogP contribution in [0.1, 0.15) is 13.3 Å². The highest BCUT2D eigenvalue weighted by Crippen LogP contribution is 2.25. The molecule has 2 heterocycles. The molecular formula is C12H18F2N2S. The van der Waals surface area contributed by atoms with Gasteiger partial charge in [0.25, 0.3) is 6.43 Å². The summed E-state index contributed by atoms with van der Waals surface area (Å²) in [6.07, 6.45) is -1.28. The van der Waals surface area contributed by atoms with Crippen LogP contribution < -0.4 is 10.2 Å². The van der Waals surface area contributed by atoms with Gasteiger partial charge in [0, 0.05) is 30.2 Å². The smallest absolute Gasteiger partial charge is 0.250 e. The van der Waals surface area contributed by atoms with Gasteiger partial charge in [-0.3, -0.25) is 0 Å². The molecule has 1 saturated heterocycles. The number of thiophene rings is 1. The van der Waals surface area contributed by atoms with E-state index in [0.29, 0.717) is 5.92 Å². The molecule has 17 heavy (non-hydrogen) atoms. The molecule has 1 N–H and O–H groups in total. The second kappa shape index (κ2) is 5.78.